The fourth-order valence-electron chi connectivity index (χ4n) is 4.27. The van der Waals surface area contributed by atoms with Gasteiger partial charge in [-0.1, -0.05) is 30.5 Å². The van der Waals surface area contributed by atoms with Gasteiger partial charge in [-0.05, 0) is 61.7 Å². The Morgan fingerprint density at radius 3 is 2.33 bits per heavy atom. The van der Waals surface area contributed by atoms with E-state index in [1.165, 1.54) is 12.1 Å². The Bertz CT molecular complexity index is 1140. The summed E-state index contributed by atoms with van der Waals surface area (Å²) in [5.74, 6) is -0.903. The number of anilines is 2. The quantitative estimate of drug-likeness (QED) is 0.681. The molecule has 2 aromatic rings. The van der Waals surface area contributed by atoms with E-state index in [4.69, 9.17) is 11.6 Å². The highest BCUT2D eigenvalue weighted by atomic mass is 35.5. The molecule has 2 aliphatic rings. The van der Waals surface area contributed by atoms with Crippen LogP contribution in [0.3, 0.4) is 0 Å². The minimum Gasteiger partial charge on any atom is -0.326 e. The molecule has 1 unspecified atom stereocenters. The van der Waals surface area contributed by atoms with Crippen molar-refractivity contribution < 1.29 is 18.0 Å². The zero-order valence-corrected chi connectivity index (χ0v) is 20.2. The number of sulfonamides is 1. The van der Waals surface area contributed by atoms with Crippen molar-refractivity contribution >= 4 is 44.8 Å². The summed E-state index contributed by atoms with van der Waals surface area (Å²) in [5, 5.41) is 3.39. The van der Waals surface area contributed by atoms with Gasteiger partial charge in [0.2, 0.25) is 21.8 Å². The van der Waals surface area contributed by atoms with Crippen LogP contribution in [0.5, 0.6) is 0 Å². The minimum absolute atomic E-state index is 0.110. The third kappa shape index (κ3) is 5.23. The van der Waals surface area contributed by atoms with E-state index in [0.29, 0.717) is 29.5 Å². The van der Waals surface area contributed by atoms with Crippen molar-refractivity contribution in [2.45, 2.75) is 43.9 Å². The molecule has 33 heavy (non-hydrogen) atoms. The number of nitrogens with one attached hydrogen (secondary N) is 1. The first-order valence-electron chi connectivity index (χ1n) is 11.2. The first-order valence-corrected chi connectivity index (χ1v) is 13.0. The molecule has 2 aliphatic heterocycles. The Kier molecular flexibility index (Phi) is 7.07. The monoisotopic (exact) mass is 489 g/mol. The third-order valence-corrected chi connectivity index (χ3v) is 8.61. The average Bonchev–Trinajstić information content (AvgIpc) is 2.99. The van der Waals surface area contributed by atoms with Crippen molar-refractivity contribution in [2.24, 2.45) is 5.92 Å². The summed E-state index contributed by atoms with van der Waals surface area (Å²) >= 11 is 6.19. The molecule has 1 atom stereocenters. The largest absolute Gasteiger partial charge is 0.326 e. The number of nitrogens with zero attached hydrogens (tertiary/aromatic N) is 2. The van der Waals surface area contributed by atoms with Gasteiger partial charge in [-0.15, -0.1) is 0 Å². The van der Waals surface area contributed by atoms with Crippen molar-refractivity contribution in [3.63, 3.8) is 0 Å². The number of halogens is 1. The maximum absolute atomic E-state index is 12.9. The Morgan fingerprint density at radius 1 is 1.03 bits per heavy atom. The first kappa shape index (κ1) is 23.7. The predicted molar refractivity (Wildman–Crippen MR) is 129 cm³/mol. The number of hydrogen-bond donors (Lipinski definition) is 1. The van der Waals surface area contributed by atoms with Crippen LogP contribution in [-0.2, 0) is 19.6 Å². The van der Waals surface area contributed by atoms with Crippen LogP contribution in [-0.4, -0.2) is 44.2 Å². The zero-order valence-electron chi connectivity index (χ0n) is 18.6. The second kappa shape index (κ2) is 9.83. The van der Waals surface area contributed by atoms with Crippen molar-refractivity contribution in [2.75, 3.05) is 29.9 Å². The van der Waals surface area contributed by atoms with E-state index in [0.717, 1.165) is 31.2 Å². The Morgan fingerprint density at radius 2 is 1.70 bits per heavy atom. The van der Waals surface area contributed by atoms with E-state index >= 15 is 0 Å². The molecule has 176 valence electrons. The Labute approximate surface area is 199 Å². The van der Waals surface area contributed by atoms with Crippen LogP contribution >= 0.6 is 11.6 Å². The van der Waals surface area contributed by atoms with Gasteiger partial charge in [-0.25, -0.2) is 8.42 Å². The van der Waals surface area contributed by atoms with Gasteiger partial charge in [0.1, 0.15) is 0 Å². The molecule has 0 spiro atoms. The van der Waals surface area contributed by atoms with Crippen LogP contribution in [0, 0.1) is 12.8 Å². The summed E-state index contributed by atoms with van der Waals surface area (Å²) in [6.07, 6.45) is 3.96. The second-order valence-electron chi connectivity index (χ2n) is 8.67. The highest BCUT2D eigenvalue weighted by Crippen LogP contribution is 2.29. The standard InChI is InChI=1S/C24H28ClN3O4S/c1-17-6-9-20(15-22(17)25)28-16-18(14-23(28)29)24(30)26-19-7-10-21(11-8-19)33(31,32)27-12-4-2-3-5-13-27/h6-11,15,18H,2-5,12-14,16H2,1H3,(H,26,30). The van der Waals surface area contributed by atoms with E-state index in [1.807, 2.05) is 19.1 Å². The summed E-state index contributed by atoms with van der Waals surface area (Å²) in [5.41, 5.74) is 2.09. The van der Waals surface area contributed by atoms with E-state index < -0.39 is 15.9 Å². The molecule has 7 nitrogen and oxygen atoms in total. The summed E-state index contributed by atoms with van der Waals surface area (Å²) in [4.78, 5) is 27.1. The lowest BCUT2D eigenvalue weighted by Gasteiger charge is -2.20. The van der Waals surface area contributed by atoms with Crippen LogP contribution in [0.15, 0.2) is 47.4 Å². The van der Waals surface area contributed by atoms with E-state index in [2.05, 4.69) is 5.32 Å². The summed E-state index contributed by atoms with van der Waals surface area (Å²) in [6.45, 7) is 3.24. The minimum atomic E-state index is -3.54. The molecule has 0 saturated carbocycles. The SMILES string of the molecule is Cc1ccc(N2CC(C(=O)Nc3ccc(S(=O)(=O)N4CCCCCC4)cc3)CC2=O)cc1Cl. The molecule has 4 rings (SSSR count). The van der Waals surface area contributed by atoms with Gasteiger partial charge in [0.15, 0.2) is 0 Å². The number of carbonyl (C=O) groups excluding carboxylic acids is 2. The molecule has 1 N–H and O–H groups in total. The van der Waals surface area contributed by atoms with E-state index in [-0.39, 0.29) is 29.7 Å². The Hall–Kier alpha value is -2.42. The Balaban J connectivity index is 1.40. The van der Waals surface area contributed by atoms with Gasteiger partial charge in [-0.3, -0.25) is 9.59 Å². The van der Waals surface area contributed by atoms with Gasteiger partial charge in [-0.2, -0.15) is 4.31 Å². The molecule has 2 amide bonds. The third-order valence-electron chi connectivity index (χ3n) is 6.29. The fourth-order valence-corrected chi connectivity index (χ4v) is 5.96. The van der Waals surface area contributed by atoms with Gasteiger partial charge >= 0.3 is 0 Å². The van der Waals surface area contributed by atoms with Crippen LogP contribution < -0.4 is 10.2 Å². The zero-order chi connectivity index (χ0) is 23.6. The van der Waals surface area contributed by atoms with Gasteiger partial charge in [0.25, 0.3) is 0 Å². The van der Waals surface area contributed by atoms with Crippen molar-refractivity contribution in [1.82, 2.24) is 4.31 Å². The highest BCUT2D eigenvalue weighted by molar-refractivity contribution is 7.89. The number of amides is 2. The van der Waals surface area contributed by atoms with Crippen molar-refractivity contribution in [1.29, 1.82) is 0 Å². The van der Waals surface area contributed by atoms with Crippen molar-refractivity contribution in [3.05, 3.63) is 53.1 Å². The molecule has 0 radical (unpaired) electrons. The summed E-state index contributed by atoms with van der Waals surface area (Å²) < 4.78 is 27.4. The first-order chi connectivity index (χ1) is 15.8. The molecule has 0 bridgehead atoms. The summed E-state index contributed by atoms with van der Waals surface area (Å²) in [6, 6.07) is 11.6. The van der Waals surface area contributed by atoms with E-state index in [9.17, 15) is 18.0 Å². The molecular weight excluding hydrogens is 462 g/mol. The molecule has 2 aromatic carbocycles. The summed E-state index contributed by atoms with van der Waals surface area (Å²) in [7, 11) is -3.54. The average molecular weight is 490 g/mol. The number of hydrogen-bond acceptors (Lipinski definition) is 4. The maximum Gasteiger partial charge on any atom is 0.243 e. The molecule has 2 saturated heterocycles. The van der Waals surface area contributed by atoms with Crippen LogP contribution in [0.25, 0.3) is 0 Å². The number of aryl methyl sites for hydroxylation is 1. The van der Waals surface area contributed by atoms with Gasteiger partial charge < -0.3 is 10.2 Å². The smallest absolute Gasteiger partial charge is 0.243 e. The van der Waals surface area contributed by atoms with Gasteiger partial charge in [0, 0.05) is 42.5 Å². The van der Waals surface area contributed by atoms with Crippen LogP contribution in [0.4, 0.5) is 11.4 Å². The number of benzene rings is 2. The molecule has 0 aliphatic carbocycles. The highest BCUT2D eigenvalue weighted by Gasteiger charge is 2.35. The van der Waals surface area contributed by atoms with Crippen LogP contribution in [0.1, 0.15) is 37.7 Å². The van der Waals surface area contributed by atoms with Gasteiger partial charge in [0.05, 0.1) is 10.8 Å². The van der Waals surface area contributed by atoms with E-state index in [1.54, 1.807) is 27.4 Å². The molecule has 2 fully saturated rings. The van der Waals surface area contributed by atoms with Crippen LogP contribution in [0.2, 0.25) is 5.02 Å². The second-order valence-corrected chi connectivity index (χ2v) is 11.0. The molecule has 9 heteroatoms. The van der Waals surface area contributed by atoms with Crippen molar-refractivity contribution in [3.8, 4) is 0 Å². The normalized spacial score (nSPS) is 20.0. The lowest BCUT2D eigenvalue weighted by molar-refractivity contribution is -0.122. The number of rotatable bonds is 5. The maximum atomic E-state index is 12.9. The predicted octanol–water partition coefficient (Wildman–Crippen LogP) is 4.20. The fraction of sp³-hybridized carbons (Fsp3) is 0.417. The molecular formula is C24H28ClN3O4S. The number of carbonyl (C=O) groups is 2. The topological polar surface area (TPSA) is 86.8 Å². The molecule has 2 heterocycles. The lowest BCUT2D eigenvalue weighted by Crippen LogP contribution is -2.32. The lowest BCUT2D eigenvalue weighted by atomic mass is 10.1. The molecule has 0 aromatic heterocycles.